The van der Waals surface area contributed by atoms with Crippen molar-refractivity contribution in [2.45, 2.75) is 32.4 Å². The summed E-state index contributed by atoms with van der Waals surface area (Å²) in [7, 11) is 0. The van der Waals surface area contributed by atoms with Crippen LogP contribution >= 0.6 is 0 Å². The maximum absolute atomic E-state index is 11.5. The molecule has 80 valence electrons. The minimum absolute atomic E-state index is 0.0852. The molecule has 0 aromatic carbocycles. The van der Waals surface area contributed by atoms with E-state index in [-0.39, 0.29) is 18.7 Å². The third kappa shape index (κ3) is 2.26. The van der Waals surface area contributed by atoms with Crippen molar-refractivity contribution in [1.29, 1.82) is 0 Å². The van der Waals surface area contributed by atoms with Crippen molar-refractivity contribution < 1.29 is 14.6 Å². The molecule has 0 aromatic rings. The largest absolute Gasteiger partial charge is 0.444 e. The highest BCUT2D eigenvalue weighted by Gasteiger charge is 2.37. The average molecular weight is 199 g/mol. The standard InChI is InChI=1S/C10H17NO3/c1-7-5-11(8(7)6-12)9(13)14-10(2,3)4/h8,12H,1,5-6H2,2-4H3. The molecule has 0 aromatic heterocycles. The first kappa shape index (κ1) is 11.0. The summed E-state index contributed by atoms with van der Waals surface area (Å²) < 4.78 is 5.16. The normalized spacial score (nSPS) is 21.9. The zero-order valence-electron chi connectivity index (χ0n) is 8.91. The summed E-state index contributed by atoms with van der Waals surface area (Å²) in [4.78, 5) is 13.0. The highest BCUT2D eigenvalue weighted by Crippen LogP contribution is 2.24. The number of carbonyl (C=O) groups is 1. The van der Waals surface area contributed by atoms with E-state index in [1.807, 2.05) is 20.8 Å². The first-order chi connectivity index (χ1) is 6.35. The van der Waals surface area contributed by atoms with Crippen LogP contribution in [-0.4, -0.2) is 40.9 Å². The number of hydrogen-bond acceptors (Lipinski definition) is 3. The minimum atomic E-state index is -0.492. The van der Waals surface area contributed by atoms with Crippen molar-refractivity contribution in [3.63, 3.8) is 0 Å². The van der Waals surface area contributed by atoms with Crippen LogP contribution in [0.1, 0.15) is 20.8 Å². The van der Waals surface area contributed by atoms with Crippen molar-refractivity contribution in [2.75, 3.05) is 13.2 Å². The number of amides is 1. The summed E-state index contributed by atoms with van der Waals surface area (Å²) >= 11 is 0. The maximum atomic E-state index is 11.5. The van der Waals surface area contributed by atoms with Gasteiger partial charge in [0.1, 0.15) is 5.60 Å². The fourth-order valence-electron chi connectivity index (χ4n) is 1.28. The van der Waals surface area contributed by atoms with Gasteiger partial charge >= 0.3 is 6.09 Å². The van der Waals surface area contributed by atoms with E-state index in [0.717, 1.165) is 5.57 Å². The lowest BCUT2D eigenvalue weighted by Gasteiger charge is -2.42. The summed E-state index contributed by atoms with van der Waals surface area (Å²) in [5.41, 5.74) is 0.381. The van der Waals surface area contributed by atoms with E-state index in [1.165, 1.54) is 4.90 Å². The molecule has 1 unspecified atom stereocenters. The van der Waals surface area contributed by atoms with Crippen LogP contribution < -0.4 is 0 Å². The lowest BCUT2D eigenvalue weighted by Crippen LogP contribution is -2.56. The van der Waals surface area contributed by atoms with E-state index in [0.29, 0.717) is 6.54 Å². The molecule has 1 N–H and O–H groups in total. The van der Waals surface area contributed by atoms with E-state index in [4.69, 9.17) is 9.84 Å². The molecule has 0 bridgehead atoms. The predicted molar refractivity (Wildman–Crippen MR) is 53.0 cm³/mol. The highest BCUT2D eigenvalue weighted by molar-refractivity contribution is 5.71. The summed E-state index contributed by atoms with van der Waals surface area (Å²) in [5, 5.41) is 8.96. The smallest absolute Gasteiger partial charge is 0.411 e. The Bertz CT molecular complexity index is 255. The van der Waals surface area contributed by atoms with Crippen molar-refractivity contribution in [2.24, 2.45) is 0 Å². The number of hydrogen-bond donors (Lipinski definition) is 1. The van der Waals surface area contributed by atoms with Crippen molar-refractivity contribution in [3.8, 4) is 0 Å². The molecule has 1 amide bonds. The lowest BCUT2D eigenvalue weighted by molar-refractivity contribution is 0.00197. The van der Waals surface area contributed by atoms with Crippen LogP contribution in [0.5, 0.6) is 0 Å². The highest BCUT2D eigenvalue weighted by atomic mass is 16.6. The Labute approximate surface area is 84.2 Å². The van der Waals surface area contributed by atoms with E-state index >= 15 is 0 Å². The van der Waals surface area contributed by atoms with Gasteiger partial charge < -0.3 is 9.84 Å². The second-order valence-electron chi connectivity index (χ2n) is 4.46. The topological polar surface area (TPSA) is 49.8 Å². The van der Waals surface area contributed by atoms with Crippen molar-refractivity contribution in [3.05, 3.63) is 12.2 Å². The Morgan fingerprint density at radius 2 is 2.29 bits per heavy atom. The molecular formula is C10H17NO3. The fourth-order valence-corrected chi connectivity index (χ4v) is 1.28. The number of nitrogens with zero attached hydrogens (tertiary/aromatic N) is 1. The molecule has 14 heavy (non-hydrogen) atoms. The van der Waals surface area contributed by atoms with Gasteiger partial charge in [0.25, 0.3) is 0 Å². The van der Waals surface area contributed by atoms with E-state index < -0.39 is 5.60 Å². The van der Waals surface area contributed by atoms with Gasteiger partial charge in [-0.25, -0.2) is 4.79 Å². The zero-order valence-corrected chi connectivity index (χ0v) is 8.91. The molecule has 0 spiro atoms. The van der Waals surface area contributed by atoms with Crippen molar-refractivity contribution in [1.82, 2.24) is 4.90 Å². The van der Waals surface area contributed by atoms with Crippen LogP contribution in [0, 0.1) is 0 Å². The molecule has 0 radical (unpaired) electrons. The Kier molecular flexibility index (Phi) is 2.85. The number of ether oxygens (including phenoxy) is 1. The van der Waals surface area contributed by atoms with Gasteiger partial charge in [0.05, 0.1) is 12.6 Å². The molecule has 0 aliphatic carbocycles. The van der Waals surface area contributed by atoms with E-state index in [2.05, 4.69) is 6.58 Å². The predicted octanol–water partition coefficient (Wildman–Crippen LogP) is 1.15. The number of aliphatic hydroxyl groups excluding tert-OH is 1. The molecule has 1 rings (SSSR count). The van der Waals surface area contributed by atoms with Gasteiger partial charge in [-0.2, -0.15) is 0 Å². The van der Waals surface area contributed by atoms with Gasteiger partial charge in [-0.3, -0.25) is 4.90 Å². The molecule has 1 fully saturated rings. The molecule has 1 aliphatic heterocycles. The van der Waals surface area contributed by atoms with Crippen LogP contribution in [0.3, 0.4) is 0 Å². The SMILES string of the molecule is C=C1CN(C(=O)OC(C)(C)C)C1CO. The van der Waals surface area contributed by atoms with Crippen LogP contribution in [-0.2, 0) is 4.74 Å². The van der Waals surface area contributed by atoms with Gasteiger partial charge in [0.15, 0.2) is 0 Å². The average Bonchev–Trinajstić information content (AvgIpc) is 1.97. The Morgan fingerprint density at radius 3 is 2.64 bits per heavy atom. The zero-order chi connectivity index (χ0) is 10.9. The number of carbonyl (C=O) groups excluding carboxylic acids is 1. The summed E-state index contributed by atoms with van der Waals surface area (Å²) in [6, 6.07) is -0.259. The van der Waals surface area contributed by atoms with Gasteiger partial charge in [0, 0.05) is 6.54 Å². The van der Waals surface area contributed by atoms with E-state index in [1.54, 1.807) is 0 Å². The summed E-state index contributed by atoms with van der Waals surface area (Å²) in [6.45, 7) is 9.57. The first-order valence-electron chi connectivity index (χ1n) is 4.63. The minimum Gasteiger partial charge on any atom is -0.444 e. The quantitative estimate of drug-likeness (QED) is 0.644. The number of likely N-dealkylation sites (tertiary alicyclic amines) is 1. The van der Waals surface area contributed by atoms with Crippen LogP contribution in [0.4, 0.5) is 4.79 Å². The molecule has 4 heteroatoms. The maximum Gasteiger partial charge on any atom is 0.411 e. The molecular weight excluding hydrogens is 182 g/mol. The second-order valence-corrected chi connectivity index (χ2v) is 4.46. The van der Waals surface area contributed by atoms with Gasteiger partial charge in [-0.15, -0.1) is 0 Å². The van der Waals surface area contributed by atoms with Gasteiger partial charge in [0.2, 0.25) is 0 Å². The fraction of sp³-hybridized carbons (Fsp3) is 0.700. The lowest BCUT2D eigenvalue weighted by atomic mass is 9.99. The van der Waals surface area contributed by atoms with Crippen LogP contribution in [0.15, 0.2) is 12.2 Å². The number of rotatable bonds is 1. The molecule has 1 atom stereocenters. The second kappa shape index (κ2) is 3.61. The van der Waals surface area contributed by atoms with E-state index in [9.17, 15) is 4.79 Å². The third-order valence-corrected chi connectivity index (χ3v) is 2.02. The molecule has 1 heterocycles. The van der Waals surface area contributed by atoms with Crippen LogP contribution in [0.25, 0.3) is 0 Å². The number of aliphatic hydroxyl groups is 1. The molecule has 0 saturated carbocycles. The van der Waals surface area contributed by atoms with Gasteiger partial charge in [-0.05, 0) is 26.3 Å². The first-order valence-corrected chi connectivity index (χ1v) is 4.63. The van der Waals surface area contributed by atoms with Gasteiger partial charge in [-0.1, -0.05) is 6.58 Å². The Hall–Kier alpha value is -1.03. The summed E-state index contributed by atoms with van der Waals surface area (Å²) in [5.74, 6) is 0. The molecule has 1 saturated heterocycles. The molecule has 4 nitrogen and oxygen atoms in total. The van der Waals surface area contributed by atoms with Crippen LogP contribution in [0.2, 0.25) is 0 Å². The monoisotopic (exact) mass is 199 g/mol. The Morgan fingerprint density at radius 1 is 1.71 bits per heavy atom. The molecule has 1 aliphatic rings. The van der Waals surface area contributed by atoms with Crippen molar-refractivity contribution >= 4 is 6.09 Å². The third-order valence-electron chi connectivity index (χ3n) is 2.02. The Balaban J connectivity index is 2.51. The summed E-state index contributed by atoms with van der Waals surface area (Å²) in [6.07, 6.45) is -0.385.